The average Bonchev–Trinajstić information content (AvgIpc) is 2.40. The van der Waals surface area contributed by atoms with E-state index in [2.05, 4.69) is 22.4 Å². The van der Waals surface area contributed by atoms with Crippen molar-refractivity contribution in [2.45, 2.75) is 19.6 Å². The Morgan fingerprint density at radius 3 is 2.72 bits per heavy atom. The van der Waals surface area contributed by atoms with E-state index in [1.165, 1.54) is 5.56 Å². The first-order valence-corrected chi connectivity index (χ1v) is 6.10. The Balaban J connectivity index is 2.07. The minimum absolute atomic E-state index is 0.0380. The van der Waals surface area contributed by atoms with Crippen molar-refractivity contribution >= 4 is 0 Å². The molecule has 94 valence electrons. The maximum atomic E-state index is 5.92. The van der Waals surface area contributed by atoms with E-state index in [1.807, 2.05) is 44.3 Å². The fraction of sp³-hybridized carbons (Fsp3) is 0.267. The number of hydrogen-bond acceptors (Lipinski definition) is 3. The average molecular weight is 242 g/mol. The molecule has 2 rings (SSSR count). The summed E-state index contributed by atoms with van der Waals surface area (Å²) in [5.41, 5.74) is 2.15. The predicted molar refractivity (Wildman–Crippen MR) is 72.5 cm³/mol. The van der Waals surface area contributed by atoms with E-state index >= 15 is 0 Å². The quantitative estimate of drug-likeness (QED) is 0.875. The lowest BCUT2D eigenvalue weighted by atomic mass is 10.1. The smallest absolute Gasteiger partial charge is 0.123 e. The normalized spacial score (nSPS) is 12.1. The largest absolute Gasteiger partial charge is 0.486 e. The van der Waals surface area contributed by atoms with Crippen LogP contribution in [0.4, 0.5) is 0 Å². The monoisotopic (exact) mass is 242 g/mol. The van der Waals surface area contributed by atoms with E-state index in [1.54, 1.807) is 6.20 Å². The summed E-state index contributed by atoms with van der Waals surface area (Å²) in [6.45, 7) is 2.80. The first kappa shape index (κ1) is 12.6. The van der Waals surface area contributed by atoms with Crippen molar-refractivity contribution in [1.29, 1.82) is 0 Å². The Kier molecular flexibility index (Phi) is 4.31. The Hall–Kier alpha value is -1.87. The van der Waals surface area contributed by atoms with Crippen LogP contribution >= 0.6 is 0 Å². The van der Waals surface area contributed by atoms with Crippen LogP contribution in [0.25, 0.3) is 0 Å². The molecular weight excluding hydrogens is 224 g/mol. The number of nitrogens with zero attached hydrogens (tertiary/aromatic N) is 1. The van der Waals surface area contributed by atoms with Gasteiger partial charge in [-0.3, -0.25) is 4.98 Å². The number of nitrogens with one attached hydrogen (secondary N) is 1. The van der Waals surface area contributed by atoms with E-state index in [0.717, 1.165) is 18.0 Å². The molecule has 3 nitrogen and oxygen atoms in total. The molecule has 0 radical (unpaired) electrons. The van der Waals surface area contributed by atoms with Crippen molar-refractivity contribution in [3.8, 4) is 5.75 Å². The van der Waals surface area contributed by atoms with Crippen molar-refractivity contribution in [3.63, 3.8) is 0 Å². The molecule has 1 heterocycles. The fourth-order valence-electron chi connectivity index (χ4n) is 1.80. The van der Waals surface area contributed by atoms with Crippen LogP contribution in [-0.2, 0) is 6.54 Å². The van der Waals surface area contributed by atoms with Crippen LogP contribution in [0.1, 0.15) is 24.3 Å². The van der Waals surface area contributed by atoms with Gasteiger partial charge in [0.15, 0.2) is 0 Å². The molecule has 1 N–H and O–H groups in total. The molecule has 1 aromatic carbocycles. The Labute approximate surface area is 108 Å². The minimum Gasteiger partial charge on any atom is -0.486 e. The number of benzene rings is 1. The van der Waals surface area contributed by atoms with Gasteiger partial charge in [0.1, 0.15) is 11.9 Å². The van der Waals surface area contributed by atoms with Crippen LogP contribution in [0.2, 0.25) is 0 Å². The molecule has 0 aliphatic carbocycles. The molecule has 0 fully saturated rings. The third-order valence-corrected chi connectivity index (χ3v) is 2.73. The van der Waals surface area contributed by atoms with E-state index in [4.69, 9.17) is 4.74 Å². The molecule has 0 aliphatic rings. The van der Waals surface area contributed by atoms with Crippen LogP contribution in [0, 0.1) is 0 Å². The predicted octanol–water partition coefficient (Wildman–Crippen LogP) is 2.94. The van der Waals surface area contributed by atoms with E-state index in [9.17, 15) is 0 Å². The molecule has 2 aromatic rings. The van der Waals surface area contributed by atoms with E-state index in [-0.39, 0.29) is 6.10 Å². The zero-order valence-electron chi connectivity index (χ0n) is 10.8. The Bertz CT molecular complexity index is 485. The molecule has 1 atom stereocenters. The van der Waals surface area contributed by atoms with Crippen molar-refractivity contribution in [2.24, 2.45) is 0 Å². The molecule has 0 bridgehead atoms. The second kappa shape index (κ2) is 6.17. The van der Waals surface area contributed by atoms with Crippen LogP contribution < -0.4 is 10.1 Å². The lowest BCUT2D eigenvalue weighted by Gasteiger charge is -2.15. The first-order valence-electron chi connectivity index (χ1n) is 6.10. The molecular formula is C15H18N2O. The Morgan fingerprint density at radius 1 is 1.22 bits per heavy atom. The highest BCUT2D eigenvalue weighted by molar-refractivity contribution is 5.25. The van der Waals surface area contributed by atoms with Gasteiger partial charge < -0.3 is 10.1 Å². The summed E-state index contributed by atoms with van der Waals surface area (Å²) < 4.78 is 5.92. The molecule has 0 amide bonds. The number of ether oxygens (including phenoxy) is 1. The van der Waals surface area contributed by atoms with Crippen molar-refractivity contribution in [2.75, 3.05) is 7.05 Å². The van der Waals surface area contributed by atoms with Gasteiger partial charge in [-0.25, -0.2) is 0 Å². The van der Waals surface area contributed by atoms with Crippen molar-refractivity contribution in [3.05, 3.63) is 59.9 Å². The third kappa shape index (κ3) is 3.31. The molecule has 18 heavy (non-hydrogen) atoms. The zero-order valence-corrected chi connectivity index (χ0v) is 10.8. The second-order valence-corrected chi connectivity index (χ2v) is 4.18. The lowest BCUT2D eigenvalue weighted by Crippen LogP contribution is -2.08. The summed E-state index contributed by atoms with van der Waals surface area (Å²) in [4.78, 5) is 4.27. The summed E-state index contributed by atoms with van der Waals surface area (Å²) in [6.07, 6.45) is 1.82. The van der Waals surface area contributed by atoms with Gasteiger partial charge >= 0.3 is 0 Å². The number of pyridine rings is 1. The molecule has 0 saturated carbocycles. The molecule has 0 saturated heterocycles. The third-order valence-electron chi connectivity index (χ3n) is 2.73. The van der Waals surface area contributed by atoms with Crippen LogP contribution in [0.5, 0.6) is 5.75 Å². The Morgan fingerprint density at radius 2 is 2.00 bits per heavy atom. The minimum atomic E-state index is 0.0380. The summed E-state index contributed by atoms with van der Waals surface area (Å²) in [6, 6.07) is 14.0. The number of rotatable bonds is 5. The molecule has 1 unspecified atom stereocenters. The van der Waals surface area contributed by atoms with E-state index < -0.39 is 0 Å². The second-order valence-electron chi connectivity index (χ2n) is 4.18. The van der Waals surface area contributed by atoms with Gasteiger partial charge in [0.05, 0.1) is 5.69 Å². The van der Waals surface area contributed by atoms with Gasteiger partial charge in [-0.1, -0.05) is 30.3 Å². The lowest BCUT2D eigenvalue weighted by molar-refractivity contribution is 0.226. The topological polar surface area (TPSA) is 34.1 Å². The van der Waals surface area contributed by atoms with Crippen molar-refractivity contribution < 1.29 is 4.74 Å². The van der Waals surface area contributed by atoms with Gasteiger partial charge in [-0.2, -0.15) is 0 Å². The number of hydrogen-bond donors (Lipinski definition) is 1. The highest BCUT2D eigenvalue weighted by Crippen LogP contribution is 2.21. The molecule has 3 heteroatoms. The summed E-state index contributed by atoms with van der Waals surface area (Å²) in [5.74, 6) is 0.853. The van der Waals surface area contributed by atoms with E-state index in [0.29, 0.717) is 0 Å². The van der Waals surface area contributed by atoms with Gasteiger partial charge in [0.25, 0.3) is 0 Å². The van der Waals surface area contributed by atoms with Crippen LogP contribution in [0.3, 0.4) is 0 Å². The standard InChI is InChI=1S/C15H18N2O/c1-12(13-6-4-3-5-7-13)18-15-8-9-17-14(10-15)11-16-2/h3-10,12,16H,11H2,1-2H3. The van der Waals surface area contributed by atoms with Gasteiger partial charge in [0, 0.05) is 18.8 Å². The summed E-state index contributed by atoms with van der Waals surface area (Å²) >= 11 is 0. The summed E-state index contributed by atoms with van der Waals surface area (Å²) in [7, 11) is 1.90. The fourth-order valence-corrected chi connectivity index (χ4v) is 1.80. The van der Waals surface area contributed by atoms with Crippen LogP contribution in [-0.4, -0.2) is 12.0 Å². The molecule has 1 aromatic heterocycles. The maximum Gasteiger partial charge on any atom is 0.123 e. The zero-order chi connectivity index (χ0) is 12.8. The molecule has 0 spiro atoms. The van der Waals surface area contributed by atoms with Crippen LogP contribution in [0.15, 0.2) is 48.7 Å². The van der Waals surface area contributed by atoms with Gasteiger partial charge in [0.2, 0.25) is 0 Å². The summed E-state index contributed by atoms with van der Waals surface area (Å²) in [5, 5.41) is 3.08. The molecule has 0 aliphatic heterocycles. The SMILES string of the molecule is CNCc1cc(OC(C)c2ccccc2)ccn1. The maximum absolute atomic E-state index is 5.92. The van der Waals surface area contributed by atoms with Gasteiger partial charge in [-0.05, 0) is 25.6 Å². The highest BCUT2D eigenvalue weighted by Gasteiger charge is 2.07. The highest BCUT2D eigenvalue weighted by atomic mass is 16.5. The number of aromatic nitrogens is 1. The first-order chi connectivity index (χ1) is 8.79. The van der Waals surface area contributed by atoms with Gasteiger partial charge in [-0.15, -0.1) is 0 Å². The van der Waals surface area contributed by atoms with Crippen molar-refractivity contribution in [1.82, 2.24) is 10.3 Å².